The summed E-state index contributed by atoms with van der Waals surface area (Å²) in [7, 11) is 0. The van der Waals surface area contributed by atoms with Crippen LogP contribution in [0.2, 0.25) is 0 Å². The number of aryl methyl sites for hydroxylation is 2. The van der Waals surface area contributed by atoms with E-state index in [1.54, 1.807) is 0 Å². The van der Waals surface area contributed by atoms with Crippen LogP contribution >= 0.6 is 0 Å². The molecule has 0 saturated heterocycles. The fourth-order valence-corrected chi connectivity index (χ4v) is 3.33. The van der Waals surface area contributed by atoms with E-state index in [2.05, 4.69) is 6.92 Å². The normalized spacial score (nSPS) is 20.1. The molecule has 2 atom stereocenters. The van der Waals surface area contributed by atoms with Gasteiger partial charge in [0.2, 0.25) is 0 Å². The van der Waals surface area contributed by atoms with Gasteiger partial charge in [0, 0.05) is 0 Å². The Balaban J connectivity index is 2.00. The lowest BCUT2D eigenvalue weighted by molar-refractivity contribution is -0.158. The van der Waals surface area contributed by atoms with Gasteiger partial charge in [-0.25, -0.2) is 0 Å². The van der Waals surface area contributed by atoms with Crippen LogP contribution in [0.25, 0.3) is 0 Å². The summed E-state index contributed by atoms with van der Waals surface area (Å²) in [6.07, 6.45) is 6.33. The van der Waals surface area contributed by atoms with E-state index in [1.165, 1.54) is 0 Å². The third-order valence-corrected chi connectivity index (χ3v) is 4.92. The van der Waals surface area contributed by atoms with Crippen molar-refractivity contribution in [3.05, 3.63) is 29.3 Å². The third-order valence-electron chi connectivity index (χ3n) is 4.92. The average Bonchev–Trinajstić information content (AvgIpc) is 2.61. The lowest BCUT2D eigenvalue weighted by Gasteiger charge is -2.28. The van der Waals surface area contributed by atoms with Gasteiger partial charge in [0.1, 0.15) is 5.75 Å². The van der Waals surface area contributed by atoms with Gasteiger partial charge in [0.25, 0.3) is 0 Å². The van der Waals surface area contributed by atoms with E-state index in [9.17, 15) is 9.59 Å². The number of hydrogen-bond donors (Lipinski definition) is 0. The topological polar surface area (TPSA) is 52.6 Å². The first kappa shape index (κ1) is 19.5. The van der Waals surface area contributed by atoms with Crippen molar-refractivity contribution in [2.24, 2.45) is 11.8 Å². The molecular formula is C21H30O4. The molecule has 1 saturated carbocycles. The maximum Gasteiger partial charge on any atom is 0.315 e. The molecule has 0 bridgehead atoms. The van der Waals surface area contributed by atoms with Crippen LogP contribution in [0.4, 0.5) is 0 Å². The minimum atomic E-state index is -0.396. The zero-order chi connectivity index (χ0) is 18.2. The predicted molar refractivity (Wildman–Crippen MR) is 97.5 cm³/mol. The first-order valence-electron chi connectivity index (χ1n) is 9.48. The molecular weight excluding hydrogens is 316 g/mol. The molecule has 1 fully saturated rings. The van der Waals surface area contributed by atoms with Gasteiger partial charge < -0.3 is 9.47 Å². The third kappa shape index (κ3) is 5.58. The second kappa shape index (κ2) is 9.59. The molecule has 25 heavy (non-hydrogen) atoms. The lowest BCUT2D eigenvalue weighted by Crippen LogP contribution is -2.36. The van der Waals surface area contributed by atoms with Crippen LogP contribution in [0.15, 0.2) is 18.2 Å². The van der Waals surface area contributed by atoms with Gasteiger partial charge >= 0.3 is 11.9 Å². The highest BCUT2D eigenvalue weighted by atomic mass is 16.5. The van der Waals surface area contributed by atoms with Crippen LogP contribution in [0.5, 0.6) is 5.75 Å². The van der Waals surface area contributed by atoms with E-state index in [0.717, 1.165) is 43.2 Å². The Hall–Kier alpha value is -1.84. The summed E-state index contributed by atoms with van der Waals surface area (Å²) in [5.41, 5.74) is 1.97. The van der Waals surface area contributed by atoms with Crippen LogP contribution < -0.4 is 4.74 Å². The fraction of sp³-hybridized carbons (Fsp3) is 0.619. The molecule has 4 heteroatoms. The van der Waals surface area contributed by atoms with Crippen LogP contribution in [-0.4, -0.2) is 18.5 Å². The largest absolute Gasteiger partial charge is 0.465 e. The highest BCUT2D eigenvalue weighted by Gasteiger charge is 2.38. The molecule has 0 heterocycles. The number of ether oxygens (including phenoxy) is 2. The van der Waals surface area contributed by atoms with E-state index in [-0.39, 0.29) is 17.9 Å². The average molecular weight is 346 g/mol. The SMILES string of the molecule is CCCCCOC(=O)C1CCCCC1C(=O)Oc1cc(C)ccc1C. The van der Waals surface area contributed by atoms with E-state index in [4.69, 9.17) is 9.47 Å². The molecule has 1 aromatic rings. The lowest BCUT2D eigenvalue weighted by atomic mass is 9.79. The Morgan fingerprint density at radius 2 is 1.72 bits per heavy atom. The Morgan fingerprint density at radius 1 is 1.04 bits per heavy atom. The van der Waals surface area contributed by atoms with Crippen LogP contribution in [-0.2, 0) is 14.3 Å². The van der Waals surface area contributed by atoms with Crippen molar-refractivity contribution in [3.8, 4) is 5.75 Å². The van der Waals surface area contributed by atoms with Gasteiger partial charge in [0.05, 0.1) is 18.4 Å². The maximum atomic E-state index is 12.7. The number of esters is 2. The molecule has 1 aliphatic rings. The molecule has 0 spiro atoms. The quantitative estimate of drug-likeness (QED) is 0.406. The molecule has 1 aromatic carbocycles. The standard InChI is InChI=1S/C21H30O4/c1-4-5-8-13-24-20(22)17-9-6-7-10-18(17)21(23)25-19-14-15(2)11-12-16(19)3/h11-12,14,17-18H,4-10,13H2,1-3H3. The van der Waals surface area contributed by atoms with E-state index < -0.39 is 5.92 Å². The number of carbonyl (C=O) groups excluding carboxylic acids is 2. The summed E-state index contributed by atoms with van der Waals surface area (Å²) in [5, 5.41) is 0. The van der Waals surface area contributed by atoms with Crippen molar-refractivity contribution < 1.29 is 19.1 Å². The van der Waals surface area contributed by atoms with Crippen LogP contribution in [0.1, 0.15) is 63.0 Å². The molecule has 0 amide bonds. The van der Waals surface area contributed by atoms with Gasteiger partial charge in [-0.2, -0.15) is 0 Å². The first-order valence-corrected chi connectivity index (χ1v) is 9.48. The number of carbonyl (C=O) groups is 2. The molecule has 1 aliphatic carbocycles. The highest BCUT2D eigenvalue weighted by Crippen LogP contribution is 2.33. The highest BCUT2D eigenvalue weighted by molar-refractivity contribution is 5.83. The maximum absolute atomic E-state index is 12.7. The second-order valence-electron chi connectivity index (χ2n) is 7.06. The second-order valence-corrected chi connectivity index (χ2v) is 7.06. The summed E-state index contributed by atoms with van der Waals surface area (Å²) in [5.74, 6) is -0.714. The monoisotopic (exact) mass is 346 g/mol. The van der Waals surface area contributed by atoms with E-state index >= 15 is 0 Å². The van der Waals surface area contributed by atoms with Crippen molar-refractivity contribution in [3.63, 3.8) is 0 Å². The van der Waals surface area contributed by atoms with Crippen molar-refractivity contribution >= 4 is 11.9 Å². The van der Waals surface area contributed by atoms with Crippen molar-refractivity contribution in [2.75, 3.05) is 6.61 Å². The minimum Gasteiger partial charge on any atom is -0.465 e. The summed E-state index contributed by atoms with van der Waals surface area (Å²) >= 11 is 0. The van der Waals surface area contributed by atoms with Crippen LogP contribution in [0, 0.1) is 25.7 Å². The Labute approximate surface area is 150 Å². The van der Waals surface area contributed by atoms with Gasteiger partial charge in [-0.3, -0.25) is 9.59 Å². The Bertz CT molecular complexity index is 594. The predicted octanol–water partition coefficient (Wildman–Crippen LogP) is 4.75. The summed E-state index contributed by atoms with van der Waals surface area (Å²) in [6, 6.07) is 5.80. The molecule has 2 unspecified atom stereocenters. The summed E-state index contributed by atoms with van der Waals surface area (Å²) in [6.45, 7) is 6.44. The van der Waals surface area contributed by atoms with Gasteiger partial charge in [-0.15, -0.1) is 0 Å². The van der Waals surface area contributed by atoms with Crippen molar-refractivity contribution in [2.45, 2.75) is 65.7 Å². The molecule has 138 valence electrons. The Morgan fingerprint density at radius 3 is 2.40 bits per heavy atom. The van der Waals surface area contributed by atoms with Gasteiger partial charge in [-0.1, -0.05) is 44.7 Å². The van der Waals surface area contributed by atoms with Crippen molar-refractivity contribution in [1.82, 2.24) is 0 Å². The zero-order valence-electron chi connectivity index (χ0n) is 15.7. The molecule has 0 aromatic heterocycles. The van der Waals surface area contributed by atoms with Crippen LogP contribution in [0.3, 0.4) is 0 Å². The molecule has 0 N–H and O–H groups in total. The summed E-state index contributed by atoms with van der Waals surface area (Å²) in [4.78, 5) is 25.1. The van der Waals surface area contributed by atoms with E-state index in [0.29, 0.717) is 25.2 Å². The van der Waals surface area contributed by atoms with E-state index in [1.807, 2.05) is 32.0 Å². The van der Waals surface area contributed by atoms with Gasteiger partial charge in [-0.05, 0) is 50.3 Å². The van der Waals surface area contributed by atoms with Crippen molar-refractivity contribution in [1.29, 1.82) is 0 Å². The number of unbranched alkanes of at least 4 members (excludes halogenated alkanes) is 2. The molecule has 2 rings (SSSR count). The minimum absolute atomic E-state index is 0.237. The number of benzene rings is 1. The molecule has 0 aliphatic heterocycles. The fourth-order valence-electron chi connectivity index (χ4n) is 3.33. The number of rotatable bonds is 7. The smallest absolute Gasteiger partial charge is 0.315 e. The number of hydrogen-bond acceptors (Lipinski definition) is 4. The van der Waals surface area contributed by atoms with Gasteiger partial charge in [0.15, 0.2) is 0 Å². The first-order chi connectivity index (χ1) is 12.0. The summed E-state index contributed by atoms with van der Waals surface area (Å²) < 4.78 is 11.1. The molecule has 4 nitrogen and oxygen atoms in total. The molecule has 0 radical (unpaired) electrons. The zero-order valence-corrected chi connectivity index (χ0v) is 15.7. The Kier molecular flexibility index (Phi) is 7.48.